The summed E-state index contributed by atoms with van der Waals surface area (Å²) in [4.78, 5) is 0. The second-order valence-corrected chi connectivity index (χ2v) is 5.81. The minimum absolute atomic E-state index is 0.503. The molecule has 2 unspecified atom stereocenters. The summed E-state index contributed by atoms with van der Waals surface area (Å²) in [7, 11) is 1.68. The summed E-state index contributed by atoms with van der Waals surface area (Å²) < 4.78 is 5.25. The van der Waals surface area contributed by atoms with Crippen molar-refractivity contribution in [2.24, 2.45) is 11.8 Å². The van der Waals surface area contributed by atoms with Crippen molar-refractivity contribution in [2.45, 2.75) is 39.2 Å². The van der Waals surface area contributed by atoms with E-state index in [2.05, 4.69) is 19.2 Å². The van der Waals surface area contributed by atoms with Crippen LogP contribution in [0.3, 0.4) is 0 Å². The maximum atomic E-state index is 6.25. The maximum Gasteiger partial charge on any atom is 0.121 e. The Hall–Kier alpha value is -0.890. The van der Waals surface area contributed by atoms with E-state index in [-0.39, 0.29) is 0 Å². The van der Waals surface area contributed by atoms with E-state index >= 15 is 0 Å². The molecular weight excluding hydrogens is 246 g/mol. The maximum absolute atomic E-state index is 6.25. The second kappa shape index (κ2) is 5.83. The molecule has 1 N–H and O–H groups in total. The molecule has 2 atom stereocenters. The highest BCUT2D eigenvalue weighted by Crippen LogP contribution is 2.34. The first-order chi connectivity index (χ1) is 8.61. The summed E-state index contributed by atoms with van der Waals surface area (Å²) in [5, 5.41) is 4.38. The van der Waals surface area contributed by atoms with Crippen molar-refractivity contribution in [1.82, 2.24) is 0 Å². The smallest absolute Gasteiger partial charge is 0.121 e. The molecule has 0 spiro atoms. The summed E-state index contributed by atoms with van der Waals surface area (Å²) >= 11 is 6.25. The van der Waals surface area contributed by atoms with Gasteiger partial charge in [-0.15, -0.1) is 0 Å². The van der Waals surface area contributed by atoms with Crippen molar-refractivity contribution < 1.29 is 4.74 Å². The molecular formula is C15H22ClNO. The molecule has 0 saturated heterocycles. The SMILES string of the molecule is COc1ccc(Cl)c(NC2C(C)CCCC2C)c1. The Kier molecular flexibility index (Phi) is 4.39. The van der Waals surface area contributed by atoms with E-state index < -0.39 is 0 Å². The quantitative estimate of drug-likeness (QED) is 0.865. The molecule has 2 nitrogen and oxygen atoms in total. The molecule has 1 aliphatic rings. The van der Waals surface area contributed by atoms with Gasteiger partial charge in [0.05, 0.1) is 17.8 Å². The van der Waals surface area contributed by atoms with Crippen LogP contribution in [0.25, 0.3) is 0 Å². The molecule has 0 radical (unpaired) electrons. The summed E-state index contributed by atoms with van der Waals surface area (Å²) in [5.74, 6) is 2.23. The Balaban J connectivity index is 2.16. The van der Waals surface area contributed by atoms with Gasteiger partial charge in [-0.25, -0.2) is 0 Å². The molecule has 0 heterocycles. The minimum atomic E-state index is 0.503. The lowest BCUT2D eigenvalue weighted by molar-refractivity contribution is 0.268. The molecule has 0 aliphatic heterocycles. The highest BCUT2D eigenvalue weighted by atomic mass is 35.5. The van der Waals surface area contributed by atoms with E-state index in [1.165, 1.54) is 19.3 Å². The monoisotopic (exact) mass is 267 g/mol. The zero-order chi connectivity index (χ0) is 13.1. The van der Waals surface area contributed by atoms with Crippen molar-refractivity contribution in [2.75, 3.05) is 12.4 Å². The third kappa shape index (κ3) is 2.92. The number of halogens is 1. The first kappa shape index (κ1) is 13.5. The lowest BCUT2D eigenvalue weighted by Crippen LogP contribution is -2.37. The van der Waals surface area contributed by atoms with Gasteiger partial charge in [0, 0.05) is 12.1 Å². The van der Waals surface area contributed by atoms with Crippen molar-refractivity contribution in [3.05, 3.63) is 23.2 Å². The van der Waals surface area contributed by atoms with Gasteiger partial charge in [-0.2, -0.15) is 0 Å². The van der Waals surface area contributed by atoms with Gasteiger partial charge >= 0.3 is 0 Å². The van der Waals surface area contributed by atoms with Gasteiger partial charge in [0.2, 0.25) is 0 Å². The Bertz CT molecular complexity index is 397. The van der Waals surface area contributed by atoms with E-state index in [9.17, 15) is 0 Å². The third-order valence-corrected chi connectivity index (χ3v) is 4.37. The van der Waals surface area contributed by atoms with Crippen LogP contribution in [-0.2, 0) is 0 Å². The minimum Gasteiger partial charge on any atom is -0.497 e. The van der Waals surface area contributed by atoms with Crippen LogP contribution in [-0.4, -0.2) is 13.2 Å². The van der Waals surface area contributed by atoms with E-state index in [0.29, 0.717) is 17.9 Å². The van der Waals surface area contributed by atoms with Crippen LogP contribution in [0.1, 0.15) is 33.1 Å². The fourth-order valence-electron chi connectivity index (χ4n) is 2.89. The van der Waals surface area contributed by atoms with Gasteiger partial charge in [-0.1, -0.05) is 31.9 Å². The molecule has 18 heavy (non-hydrogen) atoms. The van der Waals surface area contributed by atoms with Gasteiger partial charge in [0.1, 0.15) is 5.75 Å². The summed E-state index contributed by atoms with van der Waals surface area (Å²) in [6, 6.07) is 6.27. The lowest BCUT2D eigenvalue weighted by atomic mass is 9.78. The van der Waals surface area contributed by atoms with Crippen LogP contribution >= 0.6 is 11.6 Å². The van der Waals surface area contributed by atoms with Crippen LogP contribution in [0.5, 0.6) is 5.75 Å². The van der Waals surface area contributed by atoms with E-state index in [1.807, 2.05) is 18.2 Å². The van der Waals surface area contributed by atoms with Crippen molar-refractivity contribution in [3.8, 4) is 5.75 Å². The van der Waals surface area contributed by atoms with Crippen molar-refractivity contribution in [1.29, 1.82) is 0 Å². The second-order valence-electron chi connectivity index (χ2n) is 5.40. The Morgan fingerprint density at radius 2 is 1.89 bits per heavy atom. The number of methoxy groups -OCH3 is 1. The van der Waals surface area contributed by atoms with Crippen LogP contribution in [0, 0.1) is 11.8 Å². The predicted octanol–water partition coefficient (Wildman–Crippen LogP) is 4.59. The Labute approximate surface area is 115 Å². The molecule has 100 valence electrons. The highest BCUT2D eigenvalue weighted by molar-refractivity contribution is 6.33. The Morgan fingerprint density at radius 1 is 1.22 bits per heavy atom. The normalized spacial score (nSPS) is 27.9. The van der Waals surface area contributed by atoms with Gasteiger partial charge in [0.25, 0.3) is 0 Å². The molecule has 1 aliphatic carbocycles. The van der Waals surface area contributed by atoms with Crippen molar-refractivity contribution >= 4 is 17.3 Å². The first-order valence-corrected chi connectivity index (χ1v) is 7.09. The number of nitrogens with one attached hydrogen (secondary N) is 1. The number of anilines is 1. The number of hydrogen-bond acceptors (Lipinski definition) is 2. The Morgan fingerprint density at radius 3 is 2.50 bits per heavy atom. The zero-order valence-corrected chi connectivity index (χ0v) is 12.1. The lowest BCUT2D eigenvalue weighted by Gasteiger charge is -2.36. The van der Waals surface area contributed by atoms with Gasteiger partial charge in [-0.3, -0.25) is 0 Å². The number of rotatable bonds is 3. The van der Waals surface area contributed by atoms with E-state index in [4.69, 9.17) is 16.3 Å². The van der Waals surface area contributed by atoms with E-state index in [1.54, 1.807) is 7.11 Å². The molecule has 1 aromatic rings. The van der Waals surface area contributed by atoms with Crippen LogP contribution in [0.2, 0.25) is 5.02 Å². The van der Waals surface area contributed by atoms with Crippen LogP contribution in [0.4, 0.5) is 5.69 Å². The molecule has 2 rings (SSSR count). The number of hydrogen-bond donors (Lipinski definition) is 1. The third-order valence-electron chi connectivity index (χ3n) is 4.04. The fourth-order valence-corrected chi connectivity index (χ4v) is 3.06. The standard InChI is InChI=1S/C15H22ClNO/c1-10-5-4-6-11(2)15(10)17-14-9-12(18-3)7-8-13(14)16/h7-11,15,17H,4-6H2,1-3H3. The average molecular weight is 268 g/mol. The molecule has 0 amide bonds. The molecule has 1 aromatic carbocycles. The molecule has 3 heteroatoms. The summed E-state index contributed by atoms with van der Waals surface area (Å²) in [6.07, 6.45) is 3.93. The van der Waals surface area contributed by atoms with E-state index in [0.717, 1.165) is 16.5 Å². The predicted molar refractivity (Wildman–Crippen MR) is 77.6 cm³/mol. The highest BCUT2D eigenvalue weighted by Gasteiger charge is 2.27. The average Bonchev–Trinajstić information content (AvgIpc) is 2.36. The first-order valence-electron chi connectivity index (χ1n) is 6.72. The zero-order valence-electron chi connectivity index (χ0n) is 11.4. The number of ether oxygens (including phenoxy) is 1. The molecule has 1 saturated carbocycles. The van der Waals surface area contributed by atoms with Gasteiger partial charge < -0.3 is 10.1 Å². The topological polar surface area (TPSA) is 21.3 Å². The summed E-state index contributed by atoms with van der Waals surface area (Å²) in [5.41, 5.74) is 0.988. The molecule has 0 bridgehead atoms. The molecule has 1 fully saturated rings. The van der Waals surface area contributed by atoms with Crippen LogP contribution < -0.4 is 10.1 Å². The van der Waals surface area contributed by atoms with Crippen molar-refractivity contribution in [3.63, 3.8) is 0 Å². The van der Waals surface area contributed by atoms with Gasteiger partial charge in [-0.05, 0) is 36.8 Å². The molecule has 0 aromatic heterocycles. The summed E-state index contributed by atoms with van der Waals surface area (Å²) in [6.45, 7) is 4.64. The number of benzene rings is 1. The van der Waals surface area contributed by atoms with Gasteiger partial charge in [0.15, 0.2) is 0 Å². The van der Waals surface area contributed by atoms with Crippen LogP contribution in [0.15, 0.2) is 18.2 Å². The fraction of sp³-hybridized carbons (Fsp3) is 0.600. The largest absolute Gasteiger partial charge is 0.497 e.